The van der Waals surface area contributed by atoms with E-state index in [1.807, 2.05) is 13.8 Å². The van der Waals surface area contributed by atoms with E-state index in [2.05, 4.69) is 10.3 Å². The molecule has 1 amide bonds. The molecule has 1 aliphatic carbocycles. The molecule has 0 fully saturated rings. The molecule has 7 N–H and O–H groups in total. The van der Waals surface area contributed by atoms with Crippen LogP contribution in [0.3, 0.4) is 0 Å². The monoisotopic (exact) mass is 346 g/mol. The van der Waals surface area contributed by atoms with Crippen LogP contribution < -0.4 is 16.8 Å². The molecule has 0 aromatic rings. The molecule has 3 atom stereocenters. The van der Waals surface area contributed by atoms with Gasteiger partial charge in [0.2, 0.25) is 5.91 Å². The zero-order chi connectivity index (χ0) is 17.8. The number of nitrogens with one attached hydrogen (secondary N) is 1. The van der Waals surface area contributed by atoms with Crippen molar-refractivity contribution in [1.82, 2.24) is 5.32 Å². The van der Waals surface area contributed by atoms with E-state index in [1.54, 1.807) is 6.08 Å². The zero-order valence-electron chi connectivity index (χ0n) is 13.8. The third kappa shape index (κ3) is 6.33. The molecule has 0 aromatic carbocycles. The van der Waals surface area contributed by atoms with Crippen LogP contribution >= 0.6 is 7.60 Å². The standard InChI is InChI=1S/C14H27N4O4P/c1-8(2)6-12(17-9(3)19)11-5-4-10(23(20,21)22)7-13(11)18-14(15)16/h4,8,11-13H,5-7H2,1-3H3,(H,17,19)(H4,15,16,18)(H2,20,21,22). The first-order valence-corrected chi connectivity index (χ1v) is 9.23. The molecule has 0 aliphatic heterocycles. The Morgan fingerprint density at radius 2 is 2.09 bits per heavy atom. The van der Waals surface area contributed by atoms with Gasteiger partial charge in [0.05, 0.1) is 6.04 Å². The van der Waals surface area contributed by atoms with Gasteiger partial charge in [-0.05, 0) is 18.8 Å². The summed E-state index contributed by atoms with van der Waals surface area (Å²) in [6.07, 6.45) is 2.78. The second-order valence-corrected chi connectivity index (χ2v) is 8.06. The fourth-order valence-electron chi connectivity index (χ4n) is 2.99. The van der Waals surface area contributed by atoms with Crippen molar-refractivity contribution in [3.63, 3.8) is 0 Å². The number of nitrogens with two attached hydrogens (primary N) is 2. The Kier molecular flexibility index (Phi) is 6.80. The fraction of sp³-hybridized carbons (Fsp3) is 0.714. The van der Waals surface area contributed by atoms with Crippen LogP contribution in [0.4, 0.5) is 0 Å². The van der Waals surface area contributed by atoms with E-state index < -0.39 is 13.6 Å². The molecule has 0 saturated carbocycles. The number of guanidine groups is 1. The van der Waals surface area contributed by atoms with Crippen LogP contribution in [0, 0.1) is 11.8 Å². The van der Waals surface area contributed by atoms with Gasteiger partial charge in [0.1, 0.15) is 0 Å². The average Bonchev–Trinajstić information content (AvgIpc) is 2.34. The van der Waals surface area contributed by atoms with Crippen LogP contribution in [0.15, 0.2) is 16.4 Å². The maximum atomic E-state index is 11.5. The van der Waals surface area contributed by atoms with Crippen LogP contribution in [0.2, 0.25) is 0 Å². The van der Waals surface area contributed by atoms with Crippen molar-refractivity contribution in [2.24, 2.45) is 28.3 Å². The Balaban J connectivity index is 3.12. The summed E-state index contributed by atoms with van der Waals surface area (Å²) in [7, 11) is -4.31. The van der Waals surface area contributed by atoms with Crippen LogP contribution in [0.1, 0.15) is 40.0 Å². The topological polar surface area (TPSA) is 151 Å². The van der Waals surface area contributed by atoms with Crippen molar-refractivity contribution in [3.05, 3.63) is 11.4 Å². The summed E-state index contributed by atoms with van der Waals surface area (Å²) in [5.74, 6) is -0.0421. The lowest BCUT2D eigenvalue weighted by atomic mass is 9.80. The lowest BCUT2D eigenvalue weighted by molar-refractivity contribution is -0.120. The average molecular weight is 346 g/mol. The highest BCUT2D eigenvalue weighted by atomic mass is 31.2. The summed E-state index contributed by atoms with van der Waals surface area (Å²) in [6.45, 7) is 5.54. The van der Waals surface area contributed by atoms with Crippen molar-refractivity contribution in [3.8, 4) is 0 Å². The predicted molar refractivity (Wildman–Crippen MR) is 89.5 cm³/mol. The van der Waals surface area contributed by atoms with Crippen molar-refractivity contribution in [1.29, 1.82) is 0 Å². The summed E-state index contributed by atoms with van der Waals surface area (Å²) in [6, 6.07) is -0.626. The van der Waals surface area contributed by atoms with E-state index in [9.17, 15) is 19.1 Å². The normalized spacial score (nSPS) is 23.1. The quantitative estimate of drug-likeness (QED) is 0.271. The molecule has 1 rings (SSSR count). The minimum atomic E-state index is -4.31. The molecule has 0 aromatic heterocycles. The molecular formula is C14H27N4O4P. The van der Waals surface area contributed by atoms with Crippen LogP contribution in [0.25, 0.3) is 0 Å². The van der Waals surface area contributed by atoms with Crippen LogP contribution in [-0.2, 0) is 9.36 Å². The largest absolute Gasteiger partial charge is 0.370 e. The van der Waals surface area contributed by atoms with Gasteiger partial charge in [-0.15, -0.1) is 0 Å². The Hall–Kier alpha value is -1.37. The molecule has 9 heteroatoms. The lowest BCUT2D eigenvalue weighted by Gasteiger charge is -2.36. The number of carbonyl (C=O) groups is 1. The van der Waals surface area contributed by atoms with E-state index in [-0.39, 0.29) is 35.6 Å². The van der Waals surface area contributed by atoms with Crippen LogP contribution in [0.5, 0.6) is 0 Å². The van der Waals surface area contributed by atoms with Gasteiger partial charge >= 0.3 is 7.60 Å². The van der Waals surface area contributed by atoms with Crippen molar-refractivity contribution < 1.29 is 19.1 Å². The fourth-order valence-corrected chi connectivity index (χ4v) is 3.76. The minimum Gasteiger partial charge on any atom is -0.370 e. The number of nitrogens with zero attached hydrogens (tertiary/aromatic N) is 1. The van der Waals surface area contributed by atoms with Gasteiger partial charge in [-0.3, -0.25) is 9.36 Å². The molecule has 1 aliphatic rings. The van der Waals surface area contributed by atoms with Gasteiger partial charge in [-0.2, -0.15) is 0 Å². The summed E-state index contributed by atoms with van der Waals surface area (Å²) in [5, 5.41) is 2.98. The van der Waals surface area contributed by atoms with E-state index in [4.69, 9.17) is 11.5 Å². The Bertz CT molecular complexity index is 537. The highest BCUT2D eigenvalue weighted by molar-refractivity contribution is 7.56. The maximum absolute atomic E-state index is 11.5. The summed E-state index contributed by atoms with van der Waals surface area (Å²) >= 11 is 0. The third-order valence-corrected chi connectivity index (χ3v) is 4.97. The molecule has 132 valence electrons. The number of rotatable bonds is 6. The molecule has 3 unspecified atom stereocenters. The first-order chi connectivity index (χ1) is 10.5. The van der Waals surface area contributed by atoms with Crippen molar-refractivity contribution >= 4 is 19.5 Å². The van der Waals surface area contributed by atoms with Gasteiger partial charge in [0.15, 0.2) is 5.96 Å². The van der Waals surface area contributed by atoms with Crippen LogP contribution in [-0.4, -0.2) is 33.7 Å². The van der Waals surface area contributed by atoms with E-state index in [1.165, 1.54) is 6.92 Å². The summed E-state index contributed by atoms with van der Waals surface area (Å²) in [4.78, 5) is 34.4. The van der Waals surface area contributed by atoms with E-state index >= 15 is 0 Å². The first kappa shape index (κ1) is 19.7. The van der Waals surface area contributed by atoms with E-state index in [0.717, 1.165) is 6.42 Å². The molecule has 0 heterocycles. The van der Waals surface area contributed by atoms with E-state index in [0.29, 0.717) is 12.3 Å². The summed E-state index contributed by atoms with van der Waals surface area (Å²) in [5.41, 5.74) is 10.9. The smallest absolute Gasteiger partial charge is 0.351 e. The van der Waals surface area contributed by atoms with Gasteiger partial charge < -0.3 is 26.6 Å². The number of hydrogen-bond donors (Lipinski definition) is 5. The lowest BCUT2D eigenvalue weighted by Crippen LogP contribution is -2.46. The van der Waals surface area contributed by atoms with Gasteiger partial charge in [-0.1, -0.05) is 19.9 Å². The van der Waals surface area contributed by atoms with Crippen molar-refractivity contribution in [2.45, 2.75) is 52.1 Å². The van der Waals surface area contributed by atoms with Gasteiger partial charge in [-0.25, -0.2) is 4.99 Å². The van der Waals surface area contributed by atoms with Crippen molar-refractivity contribution in [2.75, 3.05) is 0 Å². The molecule has 0 saturated heterocycles. The van der Waals surface area contributed by atoms with Gasteiger partial charge in [0.25, 0.3) is 0 Å². The maximum Gasteiger partial charge on any atom is 0.351 e. The predicted octanol–water partition coefficient (Wildman–Crippen LogP) is 0.651. The van der Waals surface area contributed by atoms with Gasteiger partial charge in [0, 0.05) is 30.6 Å². The second kappa shape index (κ2) is 7.95. The Morgan fingerprint density at radius 1 is 1.48 bits per heavy atom. The number of amides is 1. The highest BCUT2D eigenvalue weighted by Crippen LogP contribution is 2.50. The molecule has 0 spiro atoms. The molecule has 0 bridgehead atoms. The Morgan fingerprint density at radius 3 is 2.52 bits per heavy atom. The zero-order valence-corrected chi connectivity index (χ0v) is 14.7. The first-order valence-electron chi connectivity index (χ1n) is 7.61. The number of hydrogen-bond acceptors (Lipinski definition) is 3. The molecular weight excluding hydrogens is 319 g/mol. The number of allylic oxidation sites excluding steroid dienone is 1. The number of aliphatic imine (C=N–C) groups is 1. The highest BCUT2D eigenvalue weighted by Gasteiger charge is 2.37. The third-order valence-electron chi connectivity index (χ3n) is 3.86. The SMILES string of the molecule is CC(=O)NC(CC(C)C)C1CC=C(P(=O)(O)O)CC1N=C(N)N. The Labute approximate surface area is 136 Å². The molecule has 23 heavy (non-hydrogen) atoms. The minimum absolute atomic E-state index is 0.0508. The molecule has 0 radical (unpaired) electrons. The second-order valence-electron chi connectivity index (χ2n) is 6.40. The summed E-state index contributed by atoms with van der Waals surface area (Å²) < 4.78 is 11.5. The number of carbonyl (C=O) groups excluding carboxylic acids is 1. The molecule has 8 nitrogen and oxygen atoms in total.